The number of nitrogens with two attached hydrogens (primary N) is 1. The van der Waals surface area contributed by atoms with Gasteiger partial charge in [0.05, 0.1) is 10.7 Å². The van der Waals surface area contributed by atoms with Gasteiger partial charge < -0.3 is 11.1 Å². The zero-order valence-corrected chi connectivity index (χ0v) is 11.1. The van der Waals surface area contributed by atoms with Gasteiger partial charge in [0.1, 0.15) is 6.04 Å². The van der Waals surface area contributed by atoms with Crippen molar-refractivity contribution in [1.29, 1.82) is 0 Å². The Labute approximate surface area is 110 Å². The first-order valence-corrected chi connectivity index (χ1v) is 6.49. The van der Waals surface area contributed by atoms with Crippen LogP contribution in [-0.4, -0.2) is 10.9 Å². The zero-order valence-electron chi connectivity index (χ0n) is 10.3. The van der Waals surface area contributed by atoms with Crippen LogP contribution in [0.15, 0.2) is 29.6 Å². The van der Waals surface area contributed by atoms with E-state index in [0.717, 1.165) is 16.3 Å². The van der Waals surface area contributed by atoms with E-state index in [0.29, 0.717) is 5.69 Å². The van der Waals surface area contributed by atoms with Gasteiger partial charge in [-0.25, -0.2) is 4.98 Å². The molecule has 0 fully saturated rings. The van der Waals surface area contributed by atoms with Crippen LogP contribution in [0.1, 0.15) is 22.3 Å². The lowest BCUT2D eigenvalue weighted by atomic mass is 10.1. The van der Waals surface area contributed by atoms with Crippen LogP contribution in [-0.2, 0) is 4.79 Å². The summed E-state index contributed by atoms with van der Waals surface area (Å²) in [6.45, 7) is 3.88. The molecule has 0 aliphatic heterocycles. The number of nitrogens with one attached hydrogen (secondary N) is 1. The Kier molecular flexibility index (Phi) is 3.62. The molecule has 1 heterocycles. The summed E-state index contributed by atoms with van der Waals surface area (Å²) in [5, 5.41) is 5.92. The lowest BCUT2D eigenvalue weighted by molar-refractivity contribution is -0.118. The number of carbonyl (C=O) groups is 1. The number of aromatic nitrogens is 1. The van der Waals surface area contributed by atoms with Gasteiger partial charge >= 0.3 is 0 Å². The van der Waals surface area contributed by atoms with Crippen molar-refractivity contribution in [2.45, 2.75) is 19.9 Å². The van der Waals surface area contributed by atoms with Crippen molar-refractivity contribution < 1.29 is 4.79 Å². The number of anilines is 1. The van der Waals surface area contributed by atoms with Crippen LogP contribution in [0.3, 0.4) is 0 Å². The van der Waals surface area contributed by atoms with E-state index in [9.17, 15) is 4.79 Å². The minimum Gasteiger partial charge on any atom is -0.369 e. The highest BCUT2D eigenvalue weighted by atomic mass is 32.1. The number of primary amides is 1. The maximum atomic E-state index is 11.5. The molecule has 1 aromatic heterocycles. The van der Waals surface area contributed by atoms with E-state index in [1.165, 1.54) is 11.3 Å². The molecule has 1 unspecified atom stereocenters. The Hall–Kier alpha value is -1.88. The van der Waals surface area contributed by atoms with E-state index in [2.05, 4.69) is 10.3 Å². The number of carbonyl (C=O) groups excluding carboxylic acids is 1. The average molecular weight is 261 g/mol. The Morgan fingerprint density at radius 2 is 2.11 bits per heavy atom. The van der Waals surface area contributed by atoms with Crippen LogP contribution >= 0.6 is 11.3 Å². The molecule has 18 heavy (non-hydrogen) atoms. The molecule has 3 N–H and O–H groups in total. The van der Waals surface area contributed by atoms with E-state index < -0.39 is 11.9 Å². The molecule has 5 heteroatoms. The van der Waals surface area contributed by atoms with Gasteiger partial charge in [0.15, 0.2) is 0 Å². The van der Waals surface area contributed by atoms with Crippen molar-refractivity contribution in [3.8, 4) is 0 Å². The maximum absolute atomic E-state index is 11.5. The predicted octanol–water partition coefficient (Wildman–Crippen LogP) is 2.40. The van der Waals surface area contributed by atoms with E-state index in [-0.39, 0.29) is 0 Å². The van der Waals surface area contributed by atoms with Crippen LogP contribution < -0.4 is 11.1 Å². The molecule has 4 nitrogen and oxygen atoms in total. The van der Waals surface area contributed by atoms with Crippen molar-refractivity contribution in [2.75, 3.05) is 5.32 Å². The van der Waals surface area contributed by atoms with Gasteiger partial charge in [-0.1, -0.05) is 18.2 Å². The lowest BCUT2D eigenvalue weighted by Gasteiger charge is -2.16. The number of para-hydroxylation sites is 1. The quantitative estimate of drug-likeness (QED) is 0.888. The van der Waals surface area contributed by atoms with Crippen LogP contribution in [0.2, 0.25) is 0 Å². The first kappa shape index (κ1) is 12.6. The fourth-order valence-electron chi connectivity index (χ4n) is 1.69. The molecule has 0 bridgehead atoms. The molecule has 0 aliphatic rings. The molecule has 1 aromatic carbocycles. The molecule has 0 aliphatic carbocycles. The third kappa shape index (κ3) is 2.68. The number of hydrogen-bond donors (Lipinski definition) is 2. The monoisotopic (exact) mass is 261 g/mol. The fourth-order valence-corrected chi connectivity index (χ4v) is 2.33. The first-order chi connectivity index (χ1) is 8.58. The highest BCUT2D eigenvalue weighted by molar-refractivity contribution is 7.09. The highest BCUT2D eigenvalue weighted by Gasteiger charge is 2.20. The van der Waals surface area contributed by atoms with Crippen molar-refractivity contribution in [3.63, 3.8) is 0 Å². The molecule has 94 valence electrons. The summed E-state index contributed by atoms with van der Waals surface area (Å²) in [7, 11) is 0. The van der Waals surface area contributed by atoms with Gasteiger partial charge in [0.25, 0.3) is 0 Å². The summed E-state index contributed by atoms with van der Waals surface area (Å²) >= 11 is 1.51. The summed E-state index contributed by atoms with van der Waals surface area (Å²) in [5.41, 5.74) is 8.07. The minimum absolute atomic E-state index is 0.427. The number of benzene rings is 1. The minimum atomic E-state index is -0.587. The van der Waals surface area contributed by atoms with E-state index in [4.69, 9.17) is 5.73 Å². The molecule has 0 saturated carbocycles. The standard InChI is InChI=1S/C13H15N3OS/c1-8-5-3-4-6-10(8)16-12(13(14)17)11-7-18-9(2)15-11/h3-7,12,16H,1-2H3,(H2,14,17). The second-order valence-corrected chi connectivity index (χ2v) is 5.15. The Bertz CT molecular complexity index is 565. The Morgan fingerprint density at radius 1 is 1.39 bits per heavy atom. The van der Waals surface area contributed by atoms with E-state index >= 15 is 0 Å². The number of aryl methyl sites for hydroxylation is 2. The van der Waals surface area contributed by atoms with Gasteiger partial charge in [-0.05, 0) is 25.5 Å². The van der Waals surface area contributed by atoms with Crippen molar-refractivity contribution in [2.24, 2.45) is 5.73 Å². The second kappa shape index (κ2) is 5.18. The lowest BCUT2D eigenvalue weighted by Crippen LogP contribution is -2.28. The number of thiazole rings is 1. The summed E-state index contributed by atoms with van der Waals surface area (Å²) < 4.78 is 0. The molecule has 0 saturated heterocycles. The van der Waals surface area contributed by atoms with Gasteiger partial charge in [0, 0.05) is 11.1 Å². The third-order valence-electron chi connectivity index (χ3n) is 2.66. The number of amides is 1. The summed E-state index contributed by atoms with van der Waals surface area (Å²) in [5.74, 6) is -0.427. The number of nitrogens with zero attached hydrogens (tertiary/aromatic N) is 1. The first-order valence-electron chi connectivity index (χ1n) is 5.61. The van der Waals surface area contributed by atoms with Gasteiger partial charge in [-0.2, -0.15) is 0 Å². The zero-order chi connectivity index (χ0) is 13.1. The maximum Gasteiger partial charge on any atom is 0.246 e. The number of rotatable bonds is 4. The van der Waals surface area contributed by atoms with Gasteiger partial charge in [-0.3, -0.25) is 4.79 Å². The van der Waals surface area contributed by atoms with Crippen molar-refractivity contribution in [1.82, 2.24) is 4.98 Å². The Morgan fingerprint density at radius 3 is 2.67 bits per heavy atom. The smallest absolute Gasteiger partial charge is 0.246 e. The third-order valence-corrected chi connectivity index (χ3v) is 3.45. The molecule has 0 spiro atoms. The molecule has 2 aromatic rings. The van der Waals surface area contributed by atoms with Crippen LogP contribution in [0.4, 0.5) is 5.69 Å². The topological polar surface area (TPSA) is 68.0 Å². The van der Waals surface area contributed by atoms with Gasteiger partial charge in [-0.15, -0.1) is 11.3 Å². The summed E-state index contributed by atoms with van der Waals surface area (Å²) in [6.07, 6.45) is 0. The average Bonchev–Trinajstić information content (AvgIpc) is 2.74. The summed E-state index contributed by atoms with van der Waals surface area (Å²) in [4.78, 5) is 15.9. The molecule has 0 radical (unpaired) electrons. The van der Waals surface area contributed by atoms with Crippen molar-refractivity contribution in [3.05, 3.63) is 45.9 Å². The van der Waals surface area contributed by atoms with Crippen LogP contribution in [0.25, 0.3) is 0 Å². The fraction of sp³-hybridized carbons (Fsp3) is 0.231. The predicted molar refractivity (Wildman–Crippen MR) is 73.6 cm³/mol. The molecule has 2 rings (SSSR count). The highest BCUT2D eigenvalue weighted by Crippen LogP contribution is 2.23. The van der Waals surface area contributed by atoms with Crippen LogP contribution in [0, 0.1) is 13.8 Å². The Balaban J connectivity index is 2.28. The summed E-state index contributed by atoms with van der Waals surface area (Å²) in [6, 6.07) is 7.18. The second-order valence-electron chi connectivity index (χ2n) is 4.09. The van der Waals surface area contributed by atoms with Crippen LogP contribution in [0.5, 0.6) is 0 Å². The SMILES string of the molecule is Cc1nc(C(Nc2ccccc2C)C(N)=O)cs1. The molecular formula is C13H15N3OS. The van der Waals surface area contributed by atoms with Gasteiger partial charge in [0.2, 0.25) is 5.91 Å². The van der Waals surface area contributed by atoms with E-state index in [1.54, 1.807) is 0 Å². The molecule has 1 amide bonds. The largest absolute Gasteiger partial charge is 0.369 e. The van der Waals surface area contributed by atoms with Crippen molar-refractivity contribution >= 4 is 22.9 Å². The van der Waals surface area contributed by atoms with E-state index in [1.807, 2.05) is 43.5 Å². The molecular weight excluding hydrogens is 246 g/mol. The number of hydrogen-bond acceptors (Lipinski definition) is 4. The normalized spacial score (nSPS) is 12.1. The molecule has 1 atom stereocenters.